The highest BCUT2D eigenvalue weighted by atomic mass is 19.1. The lowest BCUT2D eigenvalue weighted by atomic mass is 10.1. The molecule has 0 heterocycles. The van der Waals surface area contributed by atoms with Gasteiger partial charge in [0.05, 0.1) is 0 Å². The number of hydrogen-bond donors (Lipinski definition) is 1. The third-order valence-electron chi connectivity index (χ3n) is 1.86. The van der Waals surface area contributed by atoms with Crippen molar-refractivity contribution in [2.24, 2.45) is 5.73 Å². The molecule has 14 heavy (non-hydrogen) atoms. The van der Waals surface area contributed by atoms with E-state index < -0.39 is 28.9 Å². The molecule has 1 amide bonds. The Balaban J connectivity index is 3.52. The fourth-order valence-electron chi connectivity index (χ4n) is 1.18. The molecule has 0 aromatic heterocycles. The molecule has 2 nitrogen and oxygen atoms in total. The maximum absolute atomic E-state index is 13.3. The van der Waals surface area contributed by atoms with Crippen LogP contribution in [0.15, 0.2) is 6.07 Å². The fraction of sp³-hybridized carbons (Fsp3) is 0.222. The average molecular weight is 203 g/mol. The minimum Gasteiger partial charge on any atom is -0.365 e. The molecule has 1 aromatic carbocycles. The van der Waals surface area contributed by atoms with E-state index in [4.69, 9.17) is 5.73 Å². The van der Waals surface area contributed by atoms with E-state index in [-0.39, 0.29) is 12.0 Å². The lowest BCUT2D eigenvalue weighted by Gasteiger charge is -2.06. The zero-order valence-corrected chi connectivity index (χ0v) is 7.40. The van der Waals surface area contributed by atoms with Crippen LogP contribution in [0, 0.1) is 17.5 Å². The molecule has 0 aliphatic rings. The van der Waals surface area contributed by atoms with Crippen molar-refractivity contribution >= 4 is 5.91 Å². The highest BCUT2D eigenvalue weighted by Crippen LogP contribution is 2.20. The summed E-state index contributed by atoms with van der Waals surface area (Å²) in [6.07, 6.45) is 0.0260. The van der Waals surface area contributed by atoms with Gasteiger partial charge in [-0.3, -0.25) is 4.79 Å². The van der Waals surface area contributed by atoms with Crippen LogP contribution < -0.4 is 5.73 Å². The van der Waals surface area contributed by atoms with Gasteiger partial charge in [-0.1, -0.05) is 6.92 Å². The van der Waals surface area contributed by atoms with Crippen molar-refractivity contribution in [1.82, 2.24) is 0 Å². The van der Waals surface area contributed by atoms with E-state index in [0.29, 0.717) is 6.07 Å². The van der Waals surface area contributed by atoms with Crippen molar-refractivity contribution in [3.05, 3.63) is 34.6 Å². The number of rotatable bonds is 2. The average Bonchev–Trinajstić information content (AvgIpc) is 2.02. The van der Waals surface area contributed by atoms with Crippen LogP contribution in [0.2, 0.25) is 0 Å². The van der Waals surface area contributed by atoms with Crippen LogP contribution in [0.5, 0.6) is 0 Å². The molecule has 0 atom stereocenters. The maximum Gasteiger partial charge on any atom is 0.254 e. The van der Waals surface area contributed by atoms with Gasteiger partial charge in [0.15, 0.2) is 0 Å². The van der Waals surface area contributed by atoms with E-state index >= 15 is 0 Å². The van der Waals surface area contributed by atoms with Gasteiger partial charge in [-0.2, -0.15) is 0 Å². The van der Waals surface area contributed by atoms with E-state index in [1.54, 1.807) is 0 Å². The molecular weight excluding hydrogens is 195 g/mol. The van der Waals surface area contributed by atoms with Gasteiger partial charge in [-0.05, 0) is 6.42 Å². The first-order valence-electron chi connectivity index (χ1n) is 3.95. The first kappa shape index (κ1) is 10.6. The molecule has 5 heteroatoms. The molecule has 0 saturated heterocycles. The topological polar surface area (TPSA) is 43.1 Å². The number of carbonyl (C=O) groups is 1. The summed E-state index contributed by atoms with van der Waals surface area (Å²) in [4.78, 5) is 10.6. The van der Waals surface area contributed by atoms with Crippen molar-refractivity contribution in [2.75, 3.05) is 0 Å². The summed E-state index contributed by atoms with van der Waals surface area (Å²) in [5, 5.41) is 0. The minimum absolute atomic E-state index is 0.0260. The van der Waals surface area contributed by atoms with Crippen molar-refractivity contribution in [1.29, 1.82) is 0 Å². The van der Waals surface area contributed by atoms with Crippen molar-refractivity contribution in [3.63, 3.8) is 0 Å². The van der Waals surface area contributed by atoms with E-state index in [0.717, 1.165) is 0 Å². The second-order valence-electron chi connectivity index (χ2n) is 2.73. The SMILES string of the molecule is CCc1c(F)cc(F)c(C(N)=O)c1F. The summed E-state index contributed by atoms with van der Waals surface area (Å²) in [6, 6.07) is 0.460. The van der Waals surface area contributed by atoms with Crippen LogP contribution in [-0.4, -0.2) is 5.91 Å². The Labute approximate surface area is 78.5 Å². The largest absolute Gasteiger partial charge is 0.365 e. The van der Waals surface area contributed by atoms with Gasteiger partial charge in [-0.15, -0.1) is 0 Å². The van der Waals surface area contributed by atoms with E-state index in [1.807, 2.05) is 0 Å². The molecule has 0 unspecified atom stereocenters. The Morgan fingerprint density at radius 2 is 1.93 bits per heavy atom. The minimum atomic E-state index is -1.27. The molecule has 76 valence electrons. The first-order chi connectivity index (χ1) is 6.49. The standard InChI is InChI=1S/C9H8F3NO/c1-2-4-5(10)3-6(11)7(8(4)12)9(13)14/h3H,2H2,1H3,(H2,13,14). The molecule has 1 rings (SSSR count). The van der Waals surface area contributed by atoms with Gasteiger partial charge in [0.25, 0.3) is 5.91 Å². The van der Waals surface area contributed by atoms with Crippen LogP contribution in [0.3, 0.4) is 0 Å². The molecule has 0 aliphatic heterocycles. The second kappa shape index (κ2) is 3.69. The van der Waals surface area contributed by atoms with Crippen molar-refractivity contribution in [2.45, 2.75) is 13.3 Å². The number of hydrogen-bond acceptors (Lipinski definition) is 1. The van der Waals surface area contributed by atoms with Crippen molar-refractivity contribution < 1.29 is 18.0 Å². The molecule has 0 aliphatic carbocycles. The van der Waals surface area contributed by atoms with Crippen LogP contribution >= 0.6 is 0 Å². The molecule has 0 fully saturated rings. The van der Waals surface area contributed by atoms with E-state index in [1.165, 1.54) is 6.92 Å². The summed E-state index contributed by atoms with van der Waals surface area (Å²) < 4.78 is 39.1. The zero-order chi connectivity index (χ0) is 10.9. The Bertz CT molecular complexity index is 390. The Morgan fingerprint density at radius 1 is 1.36 bits per heavy atom. The van der Waals surface area contributed by atoms with Gasteiger partial charge in [-0.25, -0.2) is 13.2 Å². The van der Waals surface area contributed by atoms with Gasteiger partial charge < -0.3 is 5.73 Å². The van der Waals surface area contributed by atoms with Crippen LogP contribution in [0.1, 0.15) is 22.8 Å². The Morgan fingerprint density at radius 3 is 2.36 bits per heavy atom. The smallest absolute Gasteiger partial charge is 0.254 e. The molecule has 0 bridgehead atoms. The van der Waals surface area contributed by atoms with Crippen LogP contribution in [0.25, 0.3) is 0 Å². The number of primary amides is 1. The summed E-state index contributed by atoms with van der Waals surface area (Å²) >= 11 is 0. The van der Waals surface area contributed by atoms with E-state index in [9.17, 15) is 18.0 Å². The number of carbonyl (C=O) groups excluding carboxylic acids is 1. The second-order valence-corrected chi connectivity index (χ2v) is 2.73. The number of benzene rings is 1. The van der Waals surface area contributed by atoms with Crippen LogP contribution in [-0.2, 0) is 6.42 Å². The van der Waals surface area contributed by atoms with Gasteiger partial charge in [0.2, 0.25) is 0 Å². The predicted molar refractivity (Wildman–Crippen MR) is 44.2 cm³/mol. The normalized spacial score (nSPS) is 10.3. The van der Waals surface area contributed by atoms with Gasteiger partial charge in [0, 0.05) is 11.6 Å². The maximum atomic E-state index is 13.3. The predicted octanol–water partition coefficient (Wildman–Crippen LogP) is 1.77. The first-order valence-corrected chi connectivity index (χ1v) is 3.95. The van der Waals surface area contributed by atoms with E-state index in [2.05, 4.69) is 0 Å². The number of amides is 1. The number of halogens is 3. The quantitative estimate of drug-likeness (QED) is 0.781. The van der Waals surface area contributed by atoms with Crippen molar-refractivity contribution in [3.8, 4) is 0 Å². The summed E-state index contributed by atoms with van der Waals surface area (Å²) in [6.45, 7) is 1.49. The highest BCUT2D eigenvalue weighted by molar-refractivity contribution is 5.93. The summed E-state index contributed by atoms with van der Waals surface area (Å²) in [5.41, 5.74) is 3.53. The monoisotopic (exact) mass is 203 g/mol. The van der Waals surface area contributed by atoms with Gasteiger partial charge >= 0.3 is 0 Å². The Hall–Kier alpha value is -1.52. The zero-order valence-electron chi connectivity index (χ0n) is 7.40. The Kier molecular flexibility index (Phi) is 2.78. The summed E-state index contributed by atoms with van der Waals surface area (Å²) in [7, 11) is 0. The lowest BCUT2D eigenvalue weighted by Crippen LogP contribution is -2.17. The lowest BCUT2D eigenvalue weighted by molar-refractivity contribution is 0.0992. The molecule has 0 saturated carbocycles. The molecule has 1 aromatic rings. The molecular formula is C9H8F3NO. The van der Waals surface area contributed by atoms with Crippen LogP contribution in [0.4, 0.5) is 13.2 Å². The summed E-state index contributed by atoms with van der Waals surface area (Å²) in [5.74, 6) is -4.73. The number of nitrogens with two attached hydrogens (primary N) is 1. The molecule has 2 N–H and O–H groups in total. The third kappa shape index (κ3) is 1.57. The third-order valence-corrected chi connectivity index (χ3v) is 1.86. The fourth-order valence-corrected chi connectivity index (χ4v) is 1.18. The van der Waals surface area contributed by atoms with Gasteiger partial charge in [0.1, 0.15) is 23.0 Å². The highest BCUT2D eigenvalue weighted by Gasteiger charge is 2.20. The molecule has 0 spiro atoms. The molecule has 0 radical (unpaired) electrons.